The average Bonchev–Trinajstić information content (AvgIpc) is 2.68. The summed E-state index contributed by atoms with van der Waals surface area (Å²) in [5.74, 6) is -0.542. The molecule has 0 amide bonds. The molecular formula is C13H15FN2O2S2. The van der Waals surface area contributed by atoms with Crippen molar-refractivity contribution in [2.75, 3.05) is 0 Å². The molecule has 2 rings (SSSR count). The van der Waals surface area contributed by atoms with Gasteiger partial charge in [0.25, 0.3) is 0 Å². The van der Waals surface area contributed by atoms with Crippen molar-refractivity contribution >= 4 is 21.4 Å². The highest BCUT2D eigenvalue weighted by Crippen LogP contribution is 2.17. The summed E-state index contributed by atoms with van der Waals surface area (Å²) in [6.45, 7) is 3.97. The molecule has 0 unspecified atom stereocenters. The molecule has 0 fully saturated rings. The SMILES string of the molecule is Cc1nc(C)c(CNS(=O)(=O)Cc2ccc(F)cc2)s1. The first-order valence-corrected chi connectivity index (χ1v) is 8.47. The lowest BCUT2D eigenvalue weighted by molar-refractivity contribution is 0.580. The van der Waals surface area contributed by atoms with Crippen LogP contribution in [0.3, 0.4) is 0 Å². The van der Waals surface area contributed by atoms with E-state index in [2.05, 4.69) is 9.71 Å². The summed E-state index contributed by atoms with van der Waals surface area (Å²) in [6, 6.07) is 5.44. The van der Waals surface area contributed by atoms with E-state index < -0.39 is 10.0 Å². The third-order valence-electron chi connectivity index (χ3n) is 2.72. The monoisotopic (exact) mass is 314 g/mol. The second kappa shape index (κ2) is 5.99. The zero-order valence-corrected chi connectivity index (χ0v) is 12.8. The van der Waals surface area contributed by atoms with E-state index in [1.54, 1.807) is 0 Å². The molecule has 1 N–H and O–H groups in total. The van der Waals surface area contributed by atoms with Gasteiger partial charge in [0.05, 0.1) is 16.5 Å². The van der Waals surface area contributed by atoms with E-state index in [1.807, 2.05) is 13.8 Å². The third-order valence-corrected chi connectivity index (χ3v) is 5.09. The fourth-order valence-electron chi connectivity index (χ4n) is 1.76. The van der Waals surface area contributed by atoms with Crippen molar-refractivity contribution in [2.24, 2.45) is 0 Å². The van der Waals surface area contributed by atoms with Crippen LogP contribution in [0.4, 0.5) is 4.39 Å². The summed E-state index contributed by atoms with van der Waals surface area (Å²) in [5, 5.41) is 0.912. The molecule has 0 atom stereocenters. The van der Waals surface area contributed by atoms with Crippen molar-refractivity contribution in [1.82, 2.24) is 9.71 Å². The number of aryl methyl sites for hydroxylation is 2. The lowest BCUT2D eigenvalue weighted by atomic mass is 10.2. The van der Waals surface area contributed by atoms with Crippen LogP contribution in [0.5, 0.6) is 0 Å². The van der Waals surface area contributed by atoms with Gasteiger partial charge in [-0.3, -0.25) is 0 Å². The second-order valence-electron chi connectivity index (χ2n) is 4.45. The maximum atomic E-state index is 12.8. The number of nitrogens with one attached hydrogen (secondary N) is 1. The topological polar surface area (TPSA) is 59.1 Å². The number of rotatable bonds is 5. The van der Waals surface area contributed by atoms with E-state index in [-0.39, 0.29) is 18.1 Å². The van der Waals surface area contributed by atoms with Crippen molar-refractivity contribution < 1.29 is 12.8 Å². The van der Waals surface area contributed by atoms with Crippen LogP contribution in [0.25, 0.3) is 0 Å². The van der Waals surface area contributed by atoms with Crippen LogP contribution in [0.1, 0.15) is 21.1 Å². The molecule has 0 aliphatic carbocycles. The molecule has 108 valence electrons. The first-order chi connectivity index (χ1) is 9.35. The molecule has 1 aromatic heterocycles. The quantitative estimate of drug-likeness (QED) is 0.922. The molecule has 1 heterocycles. The minimum atomic E-state index is -3.45. The van der Waals surface area contributed by atoms with Gasteiger partial charge in [-0.2, -0.15) is 0 Å². The van der Waals surface area contributed by atoms with Crippen molar-refractivity contribution in [2.45, 2.75) is 26.1 Å². The van der Waals surface area contributed by atoms with Crippen molar-refractivity contribution in [3.05, 3.63) is 51.2 Å². The fraction of sp³-hybridized carbons (Fsp3) is 0.308. The molecule has 7 heteroatoms. The van der Waals surface area contributed by atoms with E-state index in [4.69, 9.17) is 0 Å². The molecule has 0 saturated carbocycles. The Hall–Kier alpha value is -1.31. The average molecular weight is 314 g/mol. The van der Waals surface area contributed by atoms with Gasteiger partial charge in [0.2, 0.25) is 10.0 Å². The molecule has 4 nitrogen and oxygen atoms in total. The van der Waals surface area contributed by atoms with Crippen LogP contribution < -0.4 is 4.72 Å². The summed E-state index contributed by atoms with van der Waals surface area (Å²) in [5.41, 5.74) is 1.40. The number of hydrogen-bond donors (Lipinski definition) is 1. The lowest BCUT2D eigenvalue weighted by Crippen LogP contribution is -2.24. The van der Waals surface area contributed by atoms with Crippen LogP contribution in [-0.2, 0) is 22.3 Å². The van der Waals surface area contributed by atoms with Crippen LogP contribution in [-0.4, -0.2) is 13.4 Å². The first kappa shape index (κ1) is 15.1. The van der Waals surface area contributed by atoms with Crippen molar-refractivity contribution in [3.63, 3.8) is 0 Å². The number of aromatic nitrogens is 1. The smallest absolute Gasteiger partial charge is 0.216 e. The van der Waals surface area contributed by atoms with Gasteiger partial charge < -0.3 is 0 Å². The normalized spacial score (nSPS) is 11.8. The molecule has 0 spiro atoms. The van der Waals surface area contributed by atoms with E-state index in [9.17, 15) is 12.8 Å². The van der Waals surface area contributed by atoms with Gasteiger partial charge in [-0.15, -0.1) is 11.3 Å². The summed E-state index contributed by atoms with van der Waals surface area (Å²) in [7, 11) is -3.45. The molecule has 20 heavy (non-hydrogen) atoms. The molecule has 2 aromatic rings. The van der Waals surface area contributed by atoms with Gasteiger partial charge in [0, 0.05) is 11.4 Å². The Morgan fingerprint density at radius 2 is 1.90 bits per heavy atom. The zero-order valence-electron chi connectivity index (χ0n) is 11.2. The van der Waals surface area contributed by atoms with Crippen molar-refractivity contribution in [3.8, 4) is 0 Å². The molecule has 0 aliphatic heterocycles. The second-order valence-corrected chi connectivity index (χ2v) is 7.54. The summed E-state index contributed by atoms with van der Waals surface area (Å²) < 4.78 is 39.2. The summed E-state index contributed by atoms with van der Waals surface area (Å²) in [4.78, 5) is 5.16. The Bertz CT molecular complexity index is 694. The van der Waals surface area contributed by atoms with Crippen LogP contribution >= 0.6 is 11.3 Å². The standard InChI is InChI=1S/C13H15FN2O2S2/c1-9-13(19-10(2)16-9)7-15-20(17,18)8-11-3-5-12(14)6-4-11/h3-6,15H,7-8H2,1-2H3. The van der Waals surface area contributed by atoms with Gasteiger partial charge in [-0.25, -0.2) is 22.5 Å². The Balaban J connectivity index is 2.01. The molecule has 0 radical (unpaired) electrons. The van der Waals surface area contributed by atoms with Crippen molar-refractivity contribution in [1.29, 1.82) is 0 Å². The number of sulfonamides is 1. The Kier molecular flexibility index (Phi) is 4.52. The molecular weight excluding hydrogens is 299 g/mol. The Morgan fingerprint density at radius 3 is 2.45 bits per heavy atom. The highest BCUT2D eigenvalue weighted by atomic mass is 32.2. The summed E-state index contributed by atoms with van der Waals surface area (Å²) in [6.07, 6.45) is 0. The number of benzene rings is 1. The van der Waals surface area contributed by atoms with Gasteiger partial charge >= 0.3 is 0 Å². The Labute approximate surface area is 121 Å². The maximum absolute atomic E-state index is 12.8. The maximum Gasteiger partial charge on any atom is 0.216 e. The molecule has 0 aliphatic rings. The third kappa shape index (κ3) is 4.09. The largest absolute Gasteiger partial charge is 0.247 e. The highest BCUT2D eigenvalue weighted by molar-refractivity contribution is 7.88. The van der Waals surface area contributed by atoms with Crippen LogP contribution in [0, 0.1) is 19.7 Å². The van der Waals surface area contributed by atoms with E-state index in [0.29, 0.717) is 5.56 Å². The number of nitrogens with zero attached hydrogens (tertiary/aromatic N) is 1. The molecule has 0 bridgehead atoms. The predicted molar refractivity (Wildman–Crippen MR) is 77.5 cm³/mol. The minimum absolute atomic E-state index is 0.163. The first-order valence-electron chi connectivity index (χ1n) is 6.00. The van der Waals surface area contributed by atoms with Gasteiger partial charge in [0.1, 0.15) is 5.82 Å². The van der Waals surface area contributed by atoms with Gasteiger partial charge in [-0.05, 0) is 31.5 Å². The van der Waals surface area contributed by atoms with E-state index in [0.717, 1.165) is 15.6 Å². The zero-order chi connectivity index (χ0) is 14.8. The minimum Gasteiger partial charge on any atom is -0.247 e. The molecule has 1 aromatic carbocycles. The van der Waals surface area contributed by atoms with E-state index >= 15 is 0 Å². The Morgan fingerprint density at radius 1 is 1.25 bits per heavy atom. The number of hydrogen-bond acceptors (Lipinski definition) is 4. The fourth-order valence-corrected chi connectivity index (χ4v) is 3.83. The highest BCUT2D eigenvalue weighted by Gasteiger charge is 2.13. The van der Waals surface area contributed by atoms with Gasteiger partial charge in [-0.1, -0.05) is 12.1 Å². The number of thiazole rings is 1. The summed E-state index contributed by atoms with van der Waals surface area (Å²) >= 11 is 1.48. The predicted octanol–water partition coefficient (Wildman–Crippen LogP) is 2.52. The van der Waals surface area contributed by atoms with Gasteiger partial charge in [0.15, 0.2) is 0 Å². The molecule has 0 saturated heterocycles. The lowest BCUT2D eigenvalue weighted by Gasteiger charge is -2.06. The van der Waals surface area contributed by atoms with Crippen LogP contribution in [0.2, 0.25) is 0 Å². The number of halogens is 1. The van der Waals surface area contributed by atoms with E-state index in [1.165, 1.54) is 35.6 Å². The van der Waals surface area contributed by atoms with Crippen LogP contribution in [0.15, 0.2) is 24.3 Å².